The molecule has 6 nitrogen and oxygen atoms in total. The summed E-state index contributed by atoms with van der Waals surface area (Å²) in [6.07, 6.45) is 1.34. The molecule has 0 amide bonds. The van der Waals surface area contributed by atoms with E-state index in [1.807, 2.05) is 0 Å². The Labute approximate surface area is 71.9 Å². The Hall–Kier alpha value is -1.43. The van der Waals surface area contributed by atoms with E-state index in [1.165, 1.54) is 22.6 Å². The maximum absolute atomic E-state index is 9.24. The third-order valence-corrected chi connectivity index (χ3v) is 1.71. The molecule has 64 valence electrons. The predicted octanol–water partition coefficient (Wildman–Crippen LogP) is -0.0518. The van der Waals surface area contributed by atoms with E-state index < -0.39 is 0 Å². The molecule has 7 heteroatoms. The summed E-state index contributed by atoms with van der Waals surface area (Å²) in [6, 6.07) is 0. The SMILES string of the molecule is COn1cc(O)n2nnc(Cl)c12. The first-order valence-electron chi connectivity index (χ1n) is 3.09. The van der Waals surface area contributed by atoms with Crippen LogP contribution in [0.5, 0.6) is 5.88 Å². The molecular formula is C5H5ClN4O2. The fourth-order valence-corrected chi connectivity index (χ4v) is 1.15. The highest BCUT2D eigenvalue weighted by Crippen LogP contribution is 2.19. The van der Waals surface area contributed by atoms with Crippen LogP contribution in [0.25, 0.3) is 5.65 Å². The zero-order valence-corrected chi connectivity index (χ0v) is 6.86. The van der Waals surface area contributed by atoms with Crippen LogP contribution in [0.4, 0.5) is 0 Å². The molecule has 1 N–H and O–H groups in total. The normalized spacial score (nSPS) is 10.8. The van der Waals surface area contributed by atoms with Gasteiger partial charge in [0.25, 0.3) is 0 Å². The van der Waals surface area contributed by atoms with Crippen molar-refractivity contribution >= 4 is 17.2 Å². The van der Waals surface area contributed by atoms with Crippen LogP contribution in [0.3, 0.4) is 0 Å². The number of imidazole rings is 1. The lowest BCUT2D eigenvalue weighted by atomic mass is 10.8. The number of nitrogens with zero attached hydrogens (tertiary/aromatic N) is 4. The van der Waals surface area contributed by atoms with E-state index in [0.717, 1.165) is 0 Å². The third-order valence-electron chi connectivity index (χ3n) is 1.46. The average molecular weight is 189 g/mol. The fourth-order valence-electron chi connectivity index (χ4n) is 0.957. The van der Waals surface area contributed by atoms with E-state index in [-0.39, 0.29) is 11.0 Å². The Bertz CT molecular complexity index is 420. The van der Waals surface area contributed by atoms with Gasteiger partial charge in [-0.15, -0.1) is 5.10 Å². The summed E-state index contributed by atoms with van der Waals surface area (Å²) in [5.74, 6) is -0.0775. The number of hydrogen-bond acceptors (Lipinski definition) is 4. The van der Waals surface area contributed by atoms with Crippen LogP contribution in [-0.4, -0.2) is 31.8 Å². The van der Waals surface area contributed by atoms with Crippen LogP contribution < -0.4 is 4.84 Å². The van der Waals surface area contributed by atoms with E-state index >= 15 is 0 Å². The minimum Gasteiger partial charge on any atom is -0.492 e. The Balaban J connectivity index is 2.85. The summed E-state index contributed by atoms with van der Waals surface area (Å²) in [4.78, 5) is 4.86. The molecule has 0 aromatic carbocycles. The van der Waals surface area contributed by atoms with Gasteiger partial charge in [0.15, 0.2) is 5.15 Å². The maximum Gasteiger partial charge on any atom is 0.236 e. The van der Waals surface area contributed by atoms with Crippen molar-refractivity contribution < 1.29 is 9.94 Å². The first-order chi connectivity index (χ1) is 5.74. The van der Waals surface area contributed by atoms with Crippen LogP contribution in [0, 0.1) is 0 Å². The van der Waals surface area contributed by atoms with E-state index in [9.17, 15) is 5.11 Å². The van der Waals surface area contributed by atoms with Crippen molar-refractivity contribution in [1.29, 1.82) is 0 Å². The molecule has 2 aromatic heterocycles. The van der Waals surface area contributed by atoms with Crippen LogP contribution in [0.15, 0.2) is 6.20 Å². The van der Waals surface area contributed by atoms with Gasteiger partial charge < -0.3 is 9.94 Å². The second-order valence-electron chi connectivity index (χ2n) is 2.11. The molecular weight excluding hydrogens is 184 g/mol. The number of fused-ring (bicyclic) bond motifs is 1. The molecule has 2 rings (SSSR count). The van der Waals surface area contributed by atoms with Gasteiger partial charge >= 0.3 is 0 Å². The minimum atomic E-state index is -0.0775. The van der Waals surface area contributed by atoms with Crippen molar-refractivity contribution in [3.63, 3.8) is 0 Å². The average Bonchev–Trinajstić information content (AvgIpc) is 2.56. The van der Waals surface area contributed by atoms with Crippen molar-refractivity contribution in [3.8, 4) is 5.88 Å². The van der Waals surface area contributed by atoms with Gasteiger partial charge in [0.1, 0.15) is 13.3 Å². The van der Waals surface area contributed by atoms with E-state index in [4.69, 9.17) is 16.4 Å². The van der Waals surface area contributed by atoms with Gasteiger partial charge in [-0.1, -0.05) is 16.8 Å². The smallest absolute Gasteiger partial charge is 0.236 e. The van der Waals surface area contributed by atoms with Gasteiger partial charge in [0, 0.05) is 0 Å². The zero-order chi connectivity index (χ0) is 8.72. The number of halogens is 1. The Kier molecular flexibility index (Phi) is 1.37. The van der Waals surface area contributed by atoms with E-state index in [1.54, 1.807) is 0 Å². The van der Waals surface area contributed by atoms with E-state index in [0.29, 0.717) is 5.65 Å². The van der Waals surface area contributed by atoms with Crippen LogP contribution in [0.2, 0.25) is 5.15 Å². The number of hydrogen-bond donors (Lipinski definition) is 1. The maximum atomic E-state index is 9.24. The summed E-state index contributed by atoms with van der Waals surface area (Å²) in [6.45, 7) is 0. The minimum absolute atomic E-state index is 0.0775. The second kappa shape index (κ2) is 2.28. The van der Waals surface area contributed by atoms with Gasteiger partial charge in [0.2, 0.25) is 11.5 Å². The first kappa shape index (κ1) is 7.23. The molecule has 0 saturated heterocycles. The van der Waals surface area contributed by atoms with Gasteiger partial charge in [-0.3, -0.25) is 0 Å². The summed E-state index contributed by atoms with van der Waals surface area (Å²) in [7, 11) is 1.45. The lowest BCUT2D eigenvalue weighted by molar-refractivity contribution is 0.177. The molecule has 0 bridgehead atoms. The molecule has 0 unspecified atom stereocenters. The summed E-state index contributed by atoms with van der Waals surface area (Å²) >= 11 is 5.66. The molecule has 0 atom stereocenters. The number of aromatic nitrogens is 4. The Morgan fingerprint density at radius 1 is 1.67 bits per heavy atom. The lowest BCUT2D eigenvalue weighted by Gasteiger charge is -1.96. The highest BCUT2D eigenvalue weighted by atomic mass is 35.5. The van der Waals surface area contributed by atoms with Crippen molar-refractivity contribution in [2.75, 3.05) is 7.11 Å². The van der Waals surface area contributed by atoms with Crippen LogP contribution in [-0.2, 0) is 0 Å². The lowest BCUT2D eigenvalue weighted by Crippen LogP contribution is -2.03. The summed E-state index contributed by atoms with van der Waals surface area (Å²) < 4.78 is 2.45. The molecule has 0 aliphatic carbocycles. The molecule has 2 aromatic rings. The highest BCUT2D eigenvalue weighted by Gasteiger charge is 2.13. The first-order valence-corrected chi connectivity index (χ1v) is 3.47. The third kappa shape index (κ3) is 0.751. The molecule has 0 aliphatic heterocycles. The fraction of sp³-hybridized carbons (Fsp3) is 0.200. The molecule has 0 saturated carbocycles. The summed E-state index contributed by atoms with van der Waals surface area (Å²) in [5.41, 5.74) is 0.400. The molecule has 0 spiro atoms. The van der Waals surface area contributed by atoms with Gasteiger partial charge in [-0.2, -0.15) is 9.25 Å². The Morgan fingerprint density at radius 3 is 3.08 bits per heavy atom. The number of rotatable bonds is 1. The predicted molar refractivity (Wildman–Crippen MR) is 40.2 cm³/mol. The number of aromatic hydroxyl groups is 1. The zero-order valence-electron chi connectivity index (χ0n) is 6.10. The van der Waals surface area contributed by atoms with E-state index in [2.05, 4.69) is 10.3 Å². The topological polar surface area (TPSA) is 64.6 Å². The van der Waals surface area contributed by atoms with Crippen LogP contribution in [0.1, 0.15) is 0 Å². The van der Waals surface area contributed by atoms with Gasteiger partial charge in [-0.05, 0) is 0 Å². The van der Waals surface area contributed by atoms with Crippen molar-refractivity contribution in [2.24, 2.45) is 0 Å². The monoisotopic (exact) mass is 188 g/mol. The van der Waals surface area contributed by atoms with Gasteiger partial charge in [0.05, 0.1) is 0 Å². The highest BCUT2D eigenvalue weighted by molar-refractivity contribution is 6.32. The largest absolute Gasteiger partial charge is 0.492 e. The molecule has 12 heavy (non-hydrogen) atoms. The second-order valence-corrected chi connectivity index (χ2v) is 2.47. The molecule has 0 fully saturated rings. The summed E-state index contributed by atoms with van der Waals surface area (Å²) in [5, 5.41) is 16.5. The quantitative estimate of drug-likeness (QED) is 0.682. The van der Waals surface area contributed by atoms with Crippen molar-refractivity contribution in [1.82, 2.24) is 19.6 Å². The molecule has 2 heterocycles. The van der Waals surface area contributed by atoms with Crippen molar-refractivity contribution in [3.05, 3.63) is 11.3 Å². The van der Waals surface area contributed by atoms with Crippen molar-refractivity contribution in [2.45, 2.75) is 0 Å². The standard InChI is InChI=1S/C5H5ClN4O2/c1-12-9-2-3(11)10-5(9)4(6)7-8-10/h2,11H,1H3. The molecule has 0 aliphatic rings. The van der Waals surface area contributed by atoms with Crippen LogP contribution >= 0.6 is 11.6 Å². The molecule has 0 radical (unpaired) electrons. The van der Waals surface area contributed by atoms with Gasteiger partial charge in [-0.25, -0.2) is 0 Å². The Morgan fingerprint density at radius 2 is 2.42 bits per heavy atom.